The summed E-state index contributed by atoms with van der Waals surface area (Å²) in [6, 6.07) is 0.0497. The molecule has 0 aliphatic carbocycles. The van der Waals surface area contributed by atoms with Crippen LogP contribution in [0.4, 0.5) is 0 Å². The van der Waals surface area contributed by atoms with Crippen LogP contribution in [0, 0.1) is 5.92 Å². The predicted molar refractivity (Wildman–Crippen MR) is 68.1 cm³/mol. The second kappa shape index (κ2) is 8.05. The Labute approximate surface area is 108 Å². The van der Waals surface area contributed by atoms with Crippen LogP contribution < -0.4 is 16.0 Å². The molecule has 0 saturated carbocycles. The fourth-order valence-corrected chi connectivity index (χ4v) is 1.90. The molecule has 0 aromatic carbocycles. The van der Waals surface area contributed by atoms with E-state index in [2.05, 4.69) is 16.0 Å². The summed E-state index contributed by atoms with van der Waals surface area (Å²) in [4.78, 5) is 23.3. The number of ether oxygens (including phenoxy) is 1. The number of carbonyl (C=O) groups excluding carboxylic acids is 2. The average Bonchev–Trinajstić information content (AvgIpc) is 2.82. The molecule has 0 aromatic rings. The lowest BCUT2D eigenvalue weighted by Gasteiger charge is -2.17. The van der Waals surface area contributed by atoms with Gasteiger partial charge in [0.1, 0.15) is 0 Å². The third kappa shape index (κ3) is 4.62. The van der Waals surface area contributed by atoms with Gasteiger partial charge < -0.3 is 20.7 Å². The van der Waals surface area contributed by atoms with Crippen molar-refractivity contribution in [3.05, 3.63) is 0 Å². The third-order valence-corrected chi connectivity index (χ3v) is 2.88. The molecule has 1 saturated heterocycles. The van der Waals surface area contributed by atoms with Gasteiger partial charge in [-0.1, -0.05) is 13.8 Å². The number of likely N-dealkylation sites (N-methyl/N-ethyl adjacent to an activating group) is 1. The fourth-order valence-electron chi connectivity index (χ4n) is 1.90. The van der Waals surface area contributed by atoms with Crippen molar-refractivity contribution < 1.29 is 14.3 Å². The zero-order chi connectivity index (χ0) is 13.4. The molecule has 18 heavy (non-hydrogen) atoms. The van der Waals surface area contributed by atoms with Crippen LogP contribution in [-0.4, -0.2) is 50.7 Å². The molecule has 2 amide bonds. The zero-order valence-corrected chi connectivity index (χ0v) is 11.1. The van der Waals surface area contributed by atoms with E-state index in [9.17, 15) is 9.59 Å². The van der Waals surface area contributed by atoms with Crippen LogP contribution in [0.15, 0.2) is 0 Å². The van der Waals surface area contributed by atoms with Gasteiger partial charge in [-0.15, -0.1) is 0 Å². The molecule has 6 nitrogen and oxygen atoms in total. The lowest BCUT2D eigenvalue weighted by Crippen LogP contribution is -2.46. The topological polar surface area (TPSA) is 79.5 Å². The van der Waals surface area contributed by atoms with Gasteiger partial charge in [-0.2, -0.15) is 0 Å². The number of hydrogen-bond donors (Lipinski definition) is 3. The molecule has 2 atom stereocenters. The van der Waals surface area contributed by atoms with Crippen LogP contribution in [0.3, 0.4) is 0 Å². The van der Waals surface area contributed by atoms with Crippen molar-refractivity contribution in [1.29, 1.82) is 0 Å². The van der Waals surface area contributed by atoms with E-state index in [0.29, 0.717) is 19.8 Å². The second-order valence-electron chi connectivity index (χ2n) is 4.38. The van der Waals surface area contributed by atoms with Crippen LogP contribution in [-0.2, 0) is 14.3 Å². The Balaban J connectivity index is 2.29. The minimum absolute atomic E-state index is 0.0359. The molecule has 1 aliphatic rings. The maximum Gasteiger partial charge on any atom is 0.239 e. The first kappa shape index (κ1) is 14.9. The highest BCUT2D eigenvalue weighted by Gasteiger charge is 2.33. The molecule has 1 heterocycles. The number of hydrogen-bond acceptors (Lipinski definition) is 4. The Bertz CT molecular complexity index is 284. The molecule has 6 heteroatoms. The van der Waals surface area contributed by atoms with Crippen LogP contribution in [0.5, 0.6) is 0 Å². The molecule has 1 aliphatic heterocycles. The maximum absolute atomic E-state index is 11.9. The third-order valence-electron chi connectivity index (χ3n) is 2.88. The van der Waals surface area contributed by atoms with Crippen molar-refractivity contribution in [2.75, 3.05) is 32.8 Å². The van der Waals surface area contributed by atoms with Crippen molar-refractivity contribution in [1.82, 2.24) is 16.0 Å². The monoisotopic (exact) mass is 257 g/mol. The Hall–Kier alpha value is -1.14. The summed E-state index contributed by atoms with van der Waals surface area (Å²) in [6.45, 7) is 6.42. The van der Waals surface area contributed by atoms with E-state index >= 15 is 0 Å². The number of nitrogens with one attached hydrogen (secondary N) is 3. The van der Waals surface area contributed by atoms with E-state index in [1.165, 1.54) is 0 Å². The van der Waals surface area contributed by atoms with Gasteiger partial charge in [0.2, 0.25) is 11.8 Å². The lowest BCUT2D eigenvalue weighted by molar-refractivity contribution is -0.128. The molecular formula is C12H23N3O3. The molecule has 1 rings (SSSR count). The molecule has 3 N–H and O–H groups in total. The first-order valence-corrected chi connectivity index (χ1v) is 6.54. The summed E-state index contributed by atoms with van der Waals surface area (Å²) >= 11 is 0. The van der Waals surface area contributed by atoms with Crippen molar-refractivity contribution >= 4 is 11.8 Å². The van der Waals surface area contributed by atoms with Gasteiger partial charge in [0.15, 0.2) is 0 Å². The SMILES string of the molecule is CCCNC(=O)CNC(=O)C1COCC1NCC. The summed E-state index contributed by atoms with van der Waals surface area (Å²) in [5, 5.41) is 8.58. The van der Waals surface area contributed by atoms with E-state index in [4.69, 9.17) is 4.74 Å². The average molecular weight is 257 g/mol. The van der Waals surface area contributed by atoms with E-state index in [1.807, 2.05) is 13.8 Å². The van der Waals surface area contributed by atoms with Gasteiger partial charge in [0.05, 0.1) is 25.7 Å². The Morgan fingerprint density at radius 2 is 2.00 bits per heavy atom. The summed E-state index contributed by atoms with van der Waals surface area (Å²) < 4.78 is 5.29. The van der Waals surface area contributed by atoms with Crippen molar-refractivity contribution in [2.24, 2.45) is 5.92 Å². The van der Waals surface area contributed by atoms with Gasteiger partial charge in [-0.05, 0) is 13.0 Å². The molecule has 0 bridgehead atoms. The first-order chi connectivity index (χ1) is 8.69. The number of rotatable bonds is 7. The van der Waals surface area contributed by atoms with Crippen LogP contribution in [0.25, 0.3) is 0 Å². The molecule has 0 radical (unpaired) electrons. The first-order valence-electron chi connectivity index (χ1n) is 6.54. The normalized spacial score (nSPS) is 22.8. The molecule has 104 valence electrons. The zero-order valence-electron chi connectivity index (χ0n) is 11.1. The van der Waals surface area contributed by atoms with E-state index < -0.39 is 0 Å². The minimum Gasteiger partial charge on any atom is -0.379 e. The quantitative estimate of drug-likeness (QED) is 0.561. The second-order valence-corrected chi connectivity index (χ2v) is 4.38. The van der Waals surface area contributed by atoms with Crippen molar-refractivity contribution in [2.45, 2.75) is 26.3 Å². The molecule has 0 spiro atoms. The summed E-state index contributed by atoms with van der Waals surface area (Å²) in [7, 11) is 0. The van der Waals surface area contributed by atoms with E-state index in [0.717, 1.165) is 13.0 Å². The Morgan fingerprint density at radius 1 is 1.22 bits per heavy atom. The maximum atomic E-state index is 11.9. The number of carbonyl (C=O) groups is 2. The number of amides is 2. The summed E-state index contributed by atoms with van der Waals surface area (Å²) in [5.74, 6) is -0.474. The molecular weight excluding hydrogens is 234 g/mol. The molecule has 0 aromatic heterocycles. The largest absolute Gasteiger partial charge is 0.379 e. The fraction of sp³-hybridized carbons (Fsp3) is 0.833. The van der Waals surface area contributed by atoms with Gasteiger partial charge in [0.25, 0.3) is 0 Å². The van der Waals surface area contributed by atoms with Gasteiger partial charge in [-0.25, -0.2) is 0 Å². The smallest absolute Gasteiger partial charge is 0.239 e. The highest BCUT2D eigenvalue weighted by atomic mass is 16.5. The molecule has 1 fully saturated rings. The van der Waals surface area contributed by atoms with Crippen LogP contribution >= 0.6 is 0 Å². The van der Waals surface area contributed by atoms with Crippen molar-refractivity contribution in [3.63, 3.8) is 0 Å². The van der Waals surface area contributed by atoms with Gasteiger partial charge in [0, 0.05) is 12.6 Å². The standard InChI is InChI=1S/C12H23N3O3/c1-3-5-14-11(16)6-15-12(17)9-7-18-8-10(9)13-4-2/h9-10,13H,3-8H2,1-2H3,(H,14,16)(H,15,17). The predicted octanol–water partition coefficient (Wildman–Crippen LogP) is -0.747. The van der Waals surface area contributed by atoms with Crippen molar-refractivity contribution in [3.8, 4) is 0 Å². The Morgan fingerprint density at radius 3 is 2.67 bits per heavy atom. The lowest BCUT2D eigenvalue weighted by atomic mass is 10.0. The Kier molecular flexibility index (Phi) is 6.67. The van der Waals surface area contributed by atoms with Gasteiger partial charge >= 0.3 is 0 Å². The summed E-state index contributed by atoms with van der Waals surface area (Å²) in [5.41, 5.74) is 0. The van der Waals surface area contributed by atoms with E-state index in [1.54, 1.807) is 0 Å². The minimum atomic E-state index is -0.205. The van der Waals surface area contributed by atoms with E-state index in [-0.39, 0.29) is 30.3 Å². The summed E-state index contributed by atoms with van der Waals surface area (Å²) in [6.07, 6.45) is 0.888. The molecule has 2 unspecified atom stereocenters. The highest BCUT2D eigenvalue weighted by Crippen LogP contribution is 2.13. The highest BCUT2D eigenvalue weighted by molar-refractivity contribution is 5.86. The van der Waals surface area contributed by atoms with Gasteiger partial charge in [-0.3, -0.25) is 9.59 Å². The van der Waals surface area contributed by atoms with Crippen LogP contribution in [0.1, 0.15) is 20.3 Å². The van der Waals surface area contributed by atoms with Crippen LogP contribution in [0.2, 0.25) is 0 Å².